The largest absolute Gasteiger partial charge is 0.353 e. The number of amides is 1. The second-order valence-electron chi connectivity index (χ2n) is 5.24. The molecule has 1 heterocycles. The summed E-state index contributed by atoms with van der Waals surface area (Å²) in [6, 6.07) is 0.505. The Morgan fingerprint density at radius 2 is 1.94 bits per heavy atom. The number of nitrogens with zero attached hydrogens (tertiary/aromatic N) is 1. The molecule has 4 nitrogen and oxygen atoms in total. The van der Waals surface area contributed by atoms with E-state index in [1.165, 1.54) is 38.8 Å². The average Bonchev–Trinajstić information content (AvgIpc) is 2.96. The fraction of sp³-hybridized carbons (Fsp3) is 0.923. The van der Waals surface area contributed by atoms with Crippen molar-refractivity contribution >= 4 is 5.91 Å². The molecule has 0 radical (unpaired) electrons. The smallest absolute Gasteiger partial charge is 0.220 e. The third-order valence-corrected chi connectivity index (χ3v) is 3.50. The molecule has 2 N–H and O–H groups in total. The minimum absolute atomic E-state index is 0.230. The third kappa shape index (κ3) is 5.50. The topological polar surface area (TPSA) is 44.4 Å². The lowest BCUT2D eigenvalue weighted by Gasteiger charge is -2.14. The van der Waals surface area contributed by atoms with Gasteiger partial charge < -0.3 is 15.5 Å². The molecule has 2 fully saturated rings. The molecule has 1 aliphatic carbocycles. The Labute approximate surface area is 104 Å². The van der Waals surface area contributed by atoms with Crippen molar-refractivity contribution in [1.82, 2.24) is 15.5 Å². The lowest BCUT2D eigenvalue weighted by Crippen LogP contribution is -2.31. The molecular formula is C13H25N3O. The van der Waals surface area contributed by atoms with Gasteiger partial charge in [0.2, 0.25) is 5.91 Å². The van der Waals surface area contributed by atoms with Gasteiger partial charge in [-0.2, -0.15) is 0 Å². The summed E-state index contributed by atoms with van der Waals surface area (Å²) in [4.78, 5) is 13.9. The zero-order valence-corrected chi connectivity index (χ0v) is 10.7. The first kappa shape index (κ1) is 12.8. The van der Waals surface area contributed by atoms with Gasteiger partial charge >= 0.3 is 0 Å². The van der Waals surface area contributed by atoms with Crippen molar-refractivity contribution in [3.05, 3.63) is 0 Å². The molecule has 17 heavy (non-hydrogen) atoms. The predicted molar refractivity (Wildman–Crippen MR) is 68.9 cm³/mol. The predicted octanol–water partition coefficient (Wildman–Crippen LogP) is 0.731. The van der Waals surface area contributed by atoms with E-state index in [9.17, 15) is 4.79 Å². The summed E-state index contributed by atoms with van der Waals surface area (Å²) < 4.78 is 0. The first-order valence-corrected chi connectivity index (χ1v) is 7.07. The van der Waals surface area contributed by atoms with E-state index in [0.29, 0.717) is 12.5 Å². The van der Waals surface area contributed by atoms with Crippen LogP contribution in [-0.2, 0) is 4.79 Å². The summed E-state index contributed by atoms with van der Waals surface area (Å²) in [5.41, 5.74) is 0. The van der Waals surface area contributed by atoms with Crippen LogP contribution in [0.1, 0.15) is 38.5 Å². The lowest BCUT2D eigenvalue weighted by atomic mass is 10.3. The van der Waals surface area contributed by atoms with Crippen molar-refractivity contribution in [3.63, 3.8) is 0 Å². The quantitative estimate of drug-likeness (QED) is 0.614. The van der Waals surface area contributed by atoms with E-state index in [1.807, 2.05) is 0 Å². The normalized spacial score (nSPS) is 20.7. The molecule has 4 heteroatoms. The second-order valence-corrected chi connectivity index (χ2v) is 5.24. The molecule has 0 aromatic rings. The van der Waals surface area contributed by atoms with E-state index in [-0.39, 0.29) is 5.91 Å². The first-order valence-electron chi connectivity index (χ1n) is 7.07. The van der Waals surface area contributed by atoms with E-state index in [4.69, 9.17) is 0 Å². The SMILES string of the molecule is O=C(CCCNCCN1CCCC1)NC1CC1. The van der Waals surface area contributed by atoms with Crippen LogP contribution in [0.5, 0.6) is 0 Å². The Morgan fingerprint density at radius 1 is 1.18 bits per heavy atom. The monoisotopic (exact) mass is 239 g/mol. The molecule has 0 atom stereocenters. The van der Waals surface area contributed by atoms with Crippen LogP contribution in [0.25, 0.3) is 0 Å². The Kier molecular flexibility index (Phi) is 5.26. The molecule has 1 amide bonds. The molecule has 98 valence electrons. The molecule has 1 saturated carbocycles. The third-order valence-electron chi connectivity index (χ3n) is 3.50. The summed E-state index contributed by atoms with van der Waals surface area (Å²) >= 11 is 0. The van der Waals surface area contributed by atoms with Gasteiger partial charge in [-0.15, -0.1) is 0 Å². The number of nitrogens with one attached hydrogen (secondary N) is 2. The highest BCUT2D eigenvalue weighted by molar-refractivity contribution is 5.76. The van der Waals surface area contributed by atoms with Crippen molar-refractivity contribution in [2.24, 2.45) is 0 Å². The van der Waals surface area contributed by atoms with Crippen molar-refractivity contribution in [2.75, 3.05) is 32.7 Å². The van der Waals surface area contributed by atoms with Gasteiger partial charge in [0.1, 0.15) is 0 Å². The van der Waals surface area contributed by atoms with Crippen LogP contribution in [0.2, 0.25) is 0 Å². The Morgan fingerprint density at radius 3 is 2.65 bits per heavy atom. The van der Waals surface area contributed by atoms with Gasteiger partial charge in [-0.05, 0) is 51.7 Å². The van der Waals surface area contributed by atoms with E-state index in [1.54, 1.807) is 0 Å². The summed E-state index contributed by atoms with van der Waals surface area (Å²) in [5.74, 6) is 0.230. The lowest BCUT2D eigenvalue weighted by molar-refractivity contribution is -0.121. The maximum absolute atomic E-state index is 11.4. The Hall–Kier alpha value is -0.610. The maximum Gasteiger partial charge on any atom is 0.220 e. The van der Waals surface area contributed by atoms with Crippen LogP contribution in [0.15, 0.2) is 0 Å². The average molecular weight is 239 g/mol. The zero-order valence-electron chi connectivity index (χ0n) is 10.7. The molecular weight excluding hydrogens is 214 g/mol. The Bertz CT molecular complexity index is 235. The molecule has 2 aliphatic rings. The molecule has 0 aromatic carbocycles. The molecule has 0 aromatic heterocycles. The molecule has 1 aliphatic heterocycles. The summed E-state index contributed by atoms with van der Waals surface area (Å²) in [6.07, 6.45) is 6.72. The van der Waals surface area contributed by atoms with Crippen molar-refractivity contribution in [3.8, 4) is 0 Å². The maximum atomic E-state index is 11.4. The fourth-order valence-corrected chi connectivity index (χ4v) is 2.27. The van der Waals surface area contributed by atoms with E-state index in [2.05, 4.69) is 15.5 Å². The highest BCUT2D eigenvalue weighted by atomic mass is 16.1. The van der Waals surface area contributed by atoms with E-state index < -0.39 is 0 Å². The van der Waals surface area contributed by atoms with Gasteiger partial charge in [0.05, 0.1) is 0 Å². The summed E-state index contributed by atoms with van der Waals surface area (Å²) in [6.45, 7) is 5.72. The van der Waals surface area contributed by atoms with Crippen molar-refractivity contribution < 1.29 is 4.79 Å². The van der Waals surface area contributed by atoms with Gasteiger partial charge in [-0.25, -0.2) is 0 Å². The zero-order chi connectivity index (χ0) is 11.9. The minimum Gasteiger partial charge on any atom is -0.353 e. The fourth-order valence-electron chi connectivity index (χ4n) is 2.27. The molecule has 0 unspecified atom stereocenters. The second kappa shape index (κ2) is 6.97. The van der Waals surface area contributed by atoms with Crippen LogP contribution in [0.4, 0.5) is 0 Å². The highest BCUT2D eigenvalue weighted by Crippen LogP contribution is 2.18. The first-order chi connectivity index (χ1) is 8.34. The van der Waals surface area contributed by atoms with Gasteiger partial charge in [-0.1, -0.05) is 0 Å². The number of rotatable bonds is 8. The number of likely N-dealkylation sites (tertiary alicyclic amines) is 1. The van der Waals surface area contributed by atoms with Gasteiger partial charge in [0.25, 0.3) is 0 Å². The Balaban J connectivity index is 1.36. The van der Waals surface area contributed by atoms with Crippen molar-refractivity contribution in [1.29, 1.82) is 0 Å². The highest BCUT2D eigenvalue weighted by Gasteiger charge is 2.22. The number of carbonyl (C=O) groups is 1. The summed E-state index contributed by atoms with van der Waals surface area (Å²) in [7, 11) is 0. The van der Waals surface area contributed by atoms with E-state index >= 15 is 0 Å². The van der Waals surface area contributed by atoms with Gasteiger partial charge in [0.15, 0.2) is 0 Å². The van der Waals surface area contributed by atoms with Gasteiger partial charge in [0, 0.05) is 25.6 Å². The standard InChI is InChI=1S/C13H25N3O/c17-13(15-12-5-6-12)4-3-7-14-8-11-16-9-1-2-10-16/h12,14H,1-11H2,(H,15,17). The molecule has 0 bridgehead atoms. The van der Waals surface area contributed by atoms with Crippen LogP contribution in [0.3, 0.4) is 0 Å². The molecule has 0 spiro atoms. The molecule has 2 rings (SSSR count). The number of carbonyl (C=O) groups excluding carboxylic acids is 1. The van der Waals surface area contributed by atoms with Gasteiger partial charge in [-0.3, -0.25) is 4.79 Å². The van der Waals surface area contributed by atoms with Crippen LogP contribution < -0.4 is 10.6 Å². The number of hydrogen-bond donors (Lipinski definition) is 2. The minimum atomic E-state index is 0.230. The van der Waals surface area contributed by atoms with E-state index in [0.717, 1.165) is 26.1 Å². The van der Waals surface area contributed by atoms with Crippen LogP contribution in [-0.4, -0.2) is 49.6 Å². The summed E-state index contributed by atoms with van der Waals surface area (Å²) in [5, 5.41) is 6.43. The van der Waals surface area contributed by atoms with Crippen LogP contribution >= 0.6 is 0 Å². The number of hydrogen-bond acceptors (Lipinski definition) is 3. The van der Waals surface area contributed by atoms with Crippen LogP contribution in [0, 0.1) is 0 Å². The van der Waals surface area contributed by atoms with Crippen molar-refractivity contribution in [2.45, 2.75) is 44.6 Å². The molecule has 1 saturated heterocycles.